The van der Waals surface area contributed by atoms with Gasteiger partial charge in [0.1, 0.15) is 5.92 Å². The van der Waals surface area contributed by atoms with Gasteiger partial charge >= 0.3 is 0 Å². The maximum absolute atomic E-state index is 14.5. The zero-order chi connectivity index (χ0) is 24.0. The number of nitrogens with two attached hydrogens (primary N) is 1. The molecule has 2 N–H and O–H groups in total. The standard InChI is InChI=1S/C30H41N3OS.ClH/c1-20-9-6-7-12-24(20)23-14-16-33(27(17-23)22-10-4-3-5-11-22)29(34)25-18-31-19-30(25)15-8-13-26-28(30)35-21(2)32-26;/h6-7,9,12,22-23,25,27,31H,3-5,8,10-11,13-19H2,1-2H3;1H/t23-,25+,27+,30-;/m1./s1. The molecule has 4 nitrogen and oxygen atoms in total. The third-order valence-corrected chi connectivity index (χ3v) is 11.2. The number of rotatable bonds is 3. The maximum atomic E-state index is 14.5. The van der Waals surface area contributed by atoms with Gasteiger partial charge in [-0.1, -0.05) is 43.5 Å². The number of aryl methyl sites for hydroxylation is 3. The van der Waals surface area contributed by atoms with Crippen LogP contribution in [-0.4, -0.2) is 41.5 Å². The smallest absolute Gasteiger partial charge is 0.232 e. The highest BCUT2D eigenvalue weighted by Crippen LogP contribution is 2.48. The van der Waals surface area contributed by atoms with E-state index in [1.165, 1.54) is 65.2 Å². The van der Waals surface area contributed by atoms with Crippen LogP contribution in [0.4, 0.5) is 0 Å². The minimum absolute atomic E-state index is 0. The van der Waals surface area contributed by atoms with E-state index in [4.69, 9.17) is 4.98 Å². The molecule has 4 aliphatic rings. The van der Waals surface area contributed by atoms with E-state index in [1.54, 1.807) is 0 Å². The molecule has 0 radical (unpaired) electrons. The summed E-state index contributed by atoms with van der Waals surface area (Å²) in [5.41, 5.74) is 4.25. The summed E-state index contributed by atoms with van der Waals surface area (Å²) in [5.74, 6) is 1.84. The van der Waals surface area contributed by atoms with Gasteiger partial charge in [0.15, 0.2) is 0 Å². The van der Waals surface area contributed by atoms with Crippen LogP contribution < -0.4 is 17.7 Å². The second kappa shape index (κ2) is 10.7. The molecule has 36 heavy (non-hydrogen) atoms. The average molecular weight is 528 g/mol. The minimum Gasteiger partial charge on any atom is -1.00 e. The van der Waals surface area contributed by atoms with Gasteiger partial charge in [0, 0.05) is 17.5 Å². The van der Waals surface area contributed by atoms with Crippen LogP contribution >= 0.6 is 11.3 Å². The first-order valence-electron chi connectivity index (χ1n) is 14.2. The highest BCUT2D eigenvalue weighted by molar-refractivity contribution is 7.11. The molecule has 6 rings (SSSR count). The zero-order valence-electron chi connectivity index (χ0n) is 22.0. The van der Waals surface area contributed by atoms with E-state index in [0.717, 1.165) is 45.3 Å². The van der Waals surface area contributed by atoms with Crippen molar-refractivity contribution in [3.8, 4) is 0 Å². The number of aromatic nitrogens is 1. The van der Waals surface area contributed by atoms with E-state index in [1.807, 2.05) is 11.3 Å². The average Bonchev–Trinajstić information content (AvgIpc) is 3.48. The van der Waals surface area contributed by atoms with Crippen molar-refractivity contribution in [2.24, 2.45) is 11.8 Å². The quantitative estimate of drug-likeness (QED) is 0.662. The SMILES string of the molecule is Cc1nc2c(s1)[C@]1(CCC2)C[NH2+]C[C@H]1C(=O)N1CC[C@@H](c2ccccc2C)C[C@H]1C1CCCCC1.[Cl-]. The van der Waals surface area contributed by atoms with Crippen molar-refractivity contribution >= 4 is 17.2 Å². The number of hydrogen-bond acceptors (Lipinski definition) is 3. The molecule has 1 aromatic heterocycles. The molecule has 3 heterocycles. The van der Waals surface area contributed by atoms with Crippen LogP contribution in [0, 0.1) is 25.7 Å². The van der Waals surface area contributed by atoms with Crippen molar-refractivity contribution in [2.75, 3.05) is 19.6 Å². The van der Waals surface area contributed by atoms with Crippen LogP contribution in [0.5, 0.6) is 0 Å². The number of thiazole rings is 1. The molecule has 2 aromatic rings. The summed E-state index contributed by atoms with van der Waals surface area (Å²) in [6.07, 6.45) is 12.3. The van der Waals surface area contributed by atoms with E-state index < -0.39 is 0 Å². The predicted molar refractivity (Wildman–Crippen MR) is 142 cm³/mol. The Labute approximate surface area is 227 Å². The fourth-order valence-corrected chi connectivity index (χ4v) is 9.47. The number of quaternary nitrogens is 1. The van der Waals surface area contributed by atoms with Crippen molar-refractivity contribution < 1.29 is 22.5 Å². The summed E-state index contributed by atoms with van der Waals surface area (Å²) in [4.78, 5) is 23.3. The molecule has 6 heteroatoms. The lowest BCUT2D eigenvalue weighted by Crippen LogP contribution is -3.00. The molecule has 2 aliphatic heterocycles. The third-order valence-electron chi connectivity index (χ3n) is 9.92. The van der Waals surface area contributed by atoms with Crippen LogP contribution in [0.3, 0.4) is 0 Å². The second-order valence-corrected chi connectivity index (χ2v) is 13.1. The van der Waals surface area contributed by atoms with Crippen molar-refractivity contribution in [2.45, 2.75) is 95.4 Å². The number of likely N-dealkylation sites (tertiary alicyclic amines) is 1. The van der Waals surface area contributed by atoms with Crippen molar-refractivity contribution in [3.63, 3.8) is 0 Å². The fraction of sp³-hybridized carbons (Fsp3) is 0.667. The van der Waals surface area contributed by atoms with Gasteiger partial charge in [-0.3, -0.25) is 4.79 Å². The van der Waals surface area contributed by atoms with E-state index >= 15 is 0 Å². The number of carbonyl (C=O) groups is 1. The Hall–Kier alpha value is -1.43. The number of fused-ring (bicyclic) bond motifs is 2. The Morgan fingerprint density at radius 2 is 1.92 bits per heavy atom. The Balaban J connectivity index is 0.00000267. The molecule has 1 saturated carbocycles. The van der Waals surface area contributed by atoms with Gasteiger partial charge in [0.25, 0.3) is 0 Å². The minimum atomic E-state index is 0. The van der Waals surface area contributed by atoms with E-state index in [9.17, 15) is 4.79 Å². The van der Waals surface area contributed by atoms with Crippen LogP contribution in [0.25, 0.3) is 0 Å². The van der Waals surface area contributed by atoms with Crippen molar-refractivity contribution in [3.05, 3.63) is 51.0 Å². The molecule has 1 aromatic carbocycles. The number of hydrogen-bond donors (Lipinski definition) is 1. The van der Waals surface area contributed by atoms with Crippen molar-refractivity contribution in [1.29, 1.82) is 0 Å². The largest absolute Gasteiger partial charge is 1.00 e. The monoisotopic (exact) mass is 527 g/mol. The summed E-state index contributed by atoms with van der Waals surface area (Å²) >= 11 is 1.88. The number of piperidine rings is 1. The van der Waals surface area contributed by atoms with E-state index in [0.29, 0.717) is 23.8 Å². The summed E-state index contributed by atoms with van der Waals surface area (Å²) in [6.45, 7) is 7.34. The Morgan fingerprint density at radius 1 is 1.11 bits per heavy atom. The van der Waals surface area contributed by atoms with Gasteiger partial charge in [-0.2, -0.15) is 0 Å². The molecule has 2 aliphatic carbocycles. The number of carbonyl (C=O) groups excluding carboxylic acids is 1. The summed E-state index contributed by atoms with van der Waals surface area (Å²) in [7, 11) is 0. The van der Waals surface area contributed by atoms with E-state index in [2.05, 4.69) is 48.3 Å². The van der Waals surface area contributed by atoms with Crippen LogP contribution in [0.2, 0.25) is 0 Å². The molecule has 2 saturated heterocycles. The molecular weight excluding hydrogens is 486 g/mol. The van der Waals surface area contributed by atoms with Gasteiger partial charge in [-0.15, -0.1) is 11.3 Å². The lowest BCUT2D eigenvalue weighted by molar-refractivity contribution is -0.640. The molecule has 1 amide bonds. The molecule has 196 valence electrons. The summed E-state index contributed by atoms with van der Waals surface area (Å²) in [5, 5.41) is 3.61. The molecule has 1 spiro atoms. The number of benzene rings is 1. The number of halogens is 1. The first-order chi connectivity index (χ1) is 17.1. The van der Waals surface area contributed by atoms with Crippen LogP contribution in [0.1, 0.15) is 90.4 Å². The van der Waals surface area contributed by atoms with Gasteiger partial charge in [-0.25, -0.2) is 4.98 Å². The summed E-state index contributed by atoms with van der Waals surface area (Å²) in [6, 6.07) is 9.37. The van der Waals surface area contributed by atoms with Gasteiger partial charge in [0.05, 0.1) is 29.2 Å². The predicted octanol–water partition coefficient (Wildman–Crippen LogP) is 1.89. The van der Waals surface area contributed by atoms with Gasteiger partial charge in [0.2, 0.25) is 5.91 Å². The number of amides is 1. The summed E-state index contributed by atoms with van der Waals surface area (Å²) < 4.78 is 0. The Morgan fingerprint density at radius 3 is 2.72 bits per heavy atom. The van der Waals surface area contributed by atoms with Gasteiger partial charge < -0.3 is 22.6 Å². The first kappa shape index (κ1) is 26.2. The highest BCUT2D eigenvalue weighted by Gasteiger charge is 2.56. The van der Waals surface area contributed by atoms with Crippen LogP contribution in [-0.2, 0) is 16.6 Å². The molecule has 0 unspecified atom stereocenters. The van der Waals surface area contributed by atoms with Crippen LogP contribution in [0.15, 0.2) is 24.3 Å². The highest BCUT2D eigenvalue weighted by atomic mass is 35.5. The Bertz CT molecular complexity index is 1080. The van der Waals surface area contributed by atoms with Crippen molar-refractivity contribution in [1.82, 2.24) is 9.88 Å². The molecule has 4 atom stereocenters. The fourth-order valence-electron chi connectivity index (χ4n) is 8.22. The van der Waals surface area contributed by atoms with E-state index in [-0.39, 0.29) is 23.7 Å². The number of nitrogens with zero attached hydrogens (tertiary/aromatic N) is 2. The molecule has 3 fully saturated rings. The molecule has 0 bridgehead atoms. The zero-order valence-corrected chi connectivity index (χ0v) is 23.5. The topological polar surface area (TPSA) is 49.8 Å². The first-order valence-corrected chi connectivity index (χ1v) is 15.0. The maximum Gasteiger partial charge on any atom is 0.232 e. The normalized spacial score (nSPS) is 30.7. The lowest BCUT2D eigenvalue weighted by Gasteiger charge is -2.47. The Kier molecular flexibility index (Phi) is 7.82. The molecular formula is C30H42ClN3OS. The lowest BCUT2D eigenvalue weighted by atomic mass is 9.68. The van der Waals surface area contributed by atoms with Gasteiger partial charge in [-0.05, 0) is 81.8 Å². The second-order valence-electron chi connectivity index (χ2n) is 11.9. The third kappa shape index (κ3) is 4.54.